The highest BCUT2D eigenvalue weighted by Crippen LogP contribution is 2.32. The van der Waals surface area contributed by atoms with E-state index >= 15 is 0 Å². The normalized spacial score (nSPS) is 21.4. The lowest BCUT2D eigenvalue weighted by Crippen LogP contribution is -2.10. The molecule has 1 aromatic heterocycles. The fourth-order valence-electron chi connectivity index (χ4n) is 2.76. The first kappa shape index (κ1) is 14.7. The predicted octanol–water partition coefficient (Wildman–Crippen LogP) is 2.50. The van der Waals surface area contributed by atoms with Crippen molar-refractivity contribution in [3.05, 3.63) is 46.6 Å². The number of hydrogen-bond acceptors (Lipinski definition) is 6. The zero-order chi connectivity index (χ0) is 16.8. The van der Waals surface area contributed by atoms with Crippen LogP contribution in [-0.2, 0) is 9.47 Å². The summed E-state index contributed by atoms with van der Waals surface area (Å²) >= 11 is 0. The highest BCUT2D eigenvalue weighted by molar-refractivity contribution is 5.93. The van der Waals surface area contributed by atoms with Crippen molar-refractivity contribution >= 4 is 21.9 Å². The van der Waals surface area contributed by atoms with Gasteiger partial charge in [0.25, 0.3) is 0 Å². The molecule has 2 aliphatic heterocycles. The van der Waals surface area contributed by atoms with Crippen LogP contribution < -0.4 is 14.9 Å². The lowest BCUT2D eigenvalue weighted by atomic mass is 10.1. The largest absolute Gasteiger partial charge is 0.491 e. The summed E-state index contributed by atoms with van der Waals surface area (Å²) in [6.07, 6.45) is 0.232. The van der Waals surface area contributed by atoms with E-state index in [2.05, 4.69) is 0 Å². The molecule has 2 saturated heterocycles. The first-order chi connectivity index (χ1) is 12.3. The van der Waals surface area contributed by atoms with E-state index in [0.29, 0.717) is 53.3 Å². The van der Waals surface area contributed by atoms with Crippen molar-refractivity contribution in [3.63, 3.8) is 0 Å². The van der Waals surface area contributed by atoms with Gasteiger partial charge in [-0.3, -0.25) is 4.79 Å². The standard InChI is InChI=1S/C19H16O6/c20-19-14-3-1-2-4-15(14)25-17-6-11(21-7-12-8-22-12)5-16(18(17)19)24-10-13-9-23-13/h1-6,12-13H,7-10H2. The third-order valence-electron chi connectivity index (χ3n) is 4.28. The summed E-state index contributed by atoms with van der Waals surface area (Å²) in [4.78, 5) is 12.9. The molecule has 25 heavy (non-hydrogen) atoms. The number of hydrogen-bond donors (Lipinski definition) is 0. The molecule has 6 nitrogen and oxygen atoms in total. The molecule has 5 rings (SSSR count). The van der Waals surface area contributed by atoms with Crippen LogP contribution in [0.5, 0.6) is 11.5 Å². The quantitative estimate of drug-likeness (QED) is 0.507. The van der Waals surface area contributed by atoms with Gasteiger partial charge in [0, 0.05) is 12.1 Å². The molecule has 2 atom stereocenters. The van der Waals surface area contributed by atoms with E-state index in [9.17, 15) is 4.79 Å². The van der Waals surface area contributed by atoms with Crippen LogP contribution in [0.1, 0.15) is 0 Å². The Kier molecular flexibility index (Phi) is 3.39. The maximum atomic E-state index is 12.9. The average Bonchev–Trinajstić information content (AvgIpc) is 3.53. The molecule has 3 heterocycles. The van der Waals surface area contributed by atoms with Crippen LogP contribution in [0.25, 0.3) is 21.9 Å². The van der Waals surface area contributed by atoms with Crippen molar-refractivity contribution < 1.29 is 23.4 Å². The molecule has 2 aliphatic rings. The van der Waals surface area contributed by atoms with Gasteiger partial charge in [0.05, 0.1) is 18.6 Å². The van der Waals surface area contributed by atoms with Gasteiger partial charge >= 0.3 is 0 Å². The number of rotatable bonds is 6. The average molecular weight is 340 g/mol. The Bertz CT molecular complexity index is 1000. The molecule has 3 aromatic rings. The molecule has 6 heteroatoms. The number of fused-ring (bicyclic) bond motifs is 2. The minimum Gasteiger partial charge on any atom is -0.491 e. The lowest BCUT2D eigenvalue weighted by Gasteiger charge is -2.12. The highest BCUT2D eigenvalue weighted by atomic mass is 16.6. The smallest absolute Gasteiger partial charge is 0.204 e. The maximum absolute atomic E-state index is 12.9. The second-order valence-corrected chi connectivity index (χ2v) is 6.25. The highest BCUT2D eigenvalue weighted by Gasteiger charge is 2.25. The lowest BCUT2D eigenvalue weighted by molar-refractivity contribution is 0.254. The van der Waals surface area contributed by atoms with Gasteiger partial charge in [-0.15, -0.1) is 0 Å². The molecule has 128 valence electrons. The second kappa shape index (κ2) is 5.75. The Morgan fingerprint density at radius 2 is 1.68 bits per heavy atom. The van der Waals surface area contributed by atoms with Crippen LogP contribution in [0, 0.1) is 0 Å². The second-order valence-electron chi connectivity index (χ2n) is 6.25. The zero-order valence-corrected chi connectivity index (χ0v) is 13.4. The van der Waals surface area contributed by atoms with E-state index in [1.54, 1.807) is 24.3 Å². The first-order valence-electron chi connectivity index (χ1n) is 8.26. The summed E-state index contributed by atoms with van der Waals surface area (Å²) in [5, 5.41) is 0.956. The van der Waals surface area contributed by atoms with E-state index in [1.807, 2.05) is 12.1 Å². The summed E-state index contributed by atoms with van der Waals surface area (Å²) in [7, 11) is 0. The van der Waals surface area contributed by atoms with Crippen LogP contribution in [0.15, 0.2) is 45.6 Å². The molecular weight excluding hydrogens is 324 g/mol. The SMILES string of the molecule is O=c1c2ccccc2oc2cc(OCC3CO3)cc(OCC3CO3)c12. The Labute approximate surface area is 142 Å². The van der Waals surface area contributed by atoms with Gasteiger partial charge in [-0.2, -0.15) is 0 Å². The third-order valence-corrected chi connectivity index (χ3v) is 4.28. The molecule has 2 fully saturated rings. The van der Waals surface area contributed by atoms with Gasteiger partial charge < -0.3 is 23.4 Å². The van der Waals surface area contributed by atoms with E-state index in [4.69, 9.17) is 23.4 Å². The van der Waals surface area contributed by atoms with Crippen molar-refractivity contribution in [2.45, 2.75) is 12.2 Å². The van der Waals surface area contributed by atoms with E-state index in [0.717, 1.165) is 6.61 Å². The predicted molar refractivity (Wildman–Crippen MR) is 90.5 cm³/mol. The molecule has 0 amide bonds. The molecule has 2 aromatic carbocycles. The summed E-state index contributed by atoms with van der Waals surface area (Å²) in [6, 6.07) is 10.6. The third kappa shape index (κ3) is 2.94. The minimum atomic E-state index is -0.111. The van der Waals surface area contributed by atoms with Crippen molar-refractivity contribution in [1.82, 2.24) is 0 Å². The summed E-state index contributed by atoms with van der Waals surface area (Å²) in [5.74, 6) is 1.05. The topological polar surface area (TPSA) is 73.7 Å². The van der Waals surface area contributed by atoms with Gasteiger partial charge in [0.15, 0.2) is 0 Å². The van der Waals surface area contributed by atoms with Gasteiger partial charge in [0.1, 0.15) is 53.5 Å². The maximum Gasteiger partial charge on any atom is 0.204 e. The van der Waals surface area contributed by atoms with Crippen LogP contribution in [0.3, 0.4) is 0 Å². The molecule has 0 N–H and O–H groups in total. The van der Waals surface area contributed by atoms with Gasteiger partial charge in [-0.05, 0) is 12.1 Å². The van der Waals surface area contributed by atoms with Crippen LogP contribution in [-0.4, -0.2) is 38.6 Å². The van der Waals surface area contributed by atoms with Crippen molar-refractivity contribution in [3.8, 4) is 11.5 Å². The fourth-order valence-corrected chi connectivity index (χ4v) is 2.76. The van der Waals surface area contributed by atoms with Crippen molar-refractivity contribution in [2.24, 2.45) is 0 Å². The molecule has 0 radical (unpaired) electrons. The van der Waals surface area contributed by atoms with Gasteiger partial charge in [-0.1, -0.05) is 12.1 Å². The summed E-state index contributed by atoms with van der Waals surface area (Å²) in [5.41, 5.74) is 0.879. The van der Waals surface area contributed by atoms with Crippen LogP contribution in [0.2, 0.25) is 0 Å². The van der Waals surface area contributed by atoms with E-state index < -0.39 is 0 Å². The molecule has 0 spiro atoms. The molecule has 2 unspecified atom stereocenters. The Morgan fingerprint density at radius 3 is 2.44 bits per heavy atom. The van der Waals surface area contributed by atoms with Crippen LogP contribution in [0.4, 0.5) is 0 Å². The molecule has 0 bridgehead atoms. The van der Waals surface area contributed by atoms with E-state index in [-0.39, 0.29) is 17.6 Å². The summed E-state index contributed by atoms with van der Waals surface area (Å²) < 4.78 is 27.9. The fraction of sp³-hybridized carbons (Fsp3) is 0.316. The number of para-hydroxylation sites is 1. The number of benzene rings is 2. The van der Waals surface area contributed by atoms with E-state index in [1.165, 1.54) is 0 Å². The monoisotopic (exact) mass is 340 g/mol. The Morgan fingerprint density at radius 1 is 0.960 bits per heavy atom. The molecular formula is C19H16O6. The zero-order valence-electron chi connectivity index (χ0n) is 13.4. The van der Waals surface area contributed by atoms with Gasteiger partial charge in [-0.25, -0.2) is 0 Å². The first-order valence-corrected chi connectivity index (χ1v) is 8.26. The Balaban J connectivity index is 1.63. The van der Waals surface area contributed by atoms with Crippen molar-refractivity contribution in [1.29, 1.82) is 0 Å². The minimum absolute atomic E-state index is 0.0898. The number of ether oxygens (including phenoxy) is 4. The number of epoxide rings is 2. The molecule has 0 saturated carbocycles. The van der Waals surface area contributed by atoms with Crippen LogP contribution >= 0.6 is 0 Å². The van der Waals surface area contributed by atoms with Crippen molar-refractivity contribution in [2.75, 3.05) is 26.4 Å². The Hall–Kier alpha value is -2.57. The molecule has 0 aliphatic carbocycles. The van der Waals surface area contributed by atoms with Gasteiger partial charge in [0.2, 0.25) is 5.43 Å². The summed E-state index contributed by atoms with van der Waals surface area (Å²) in [6.45, 7) is 2.27.